The van der Waals surface area contributed by atoms with Crippen LogP contribution < -0.4 is 0 Å². The normalized spacial score (nSPS) is 44.8. The summed E-state index contributed by atoms with van der Waals surface area (Å²) in [7, 11) is 0. The summed E-state index contributed by atoms with van der Waals surface area (Å²) in [6.45, 7) is 3.16. The number of carbonyl (C=O) groups excluding carboxylic acids is 1. The molecule has 106 valence electrons. The summed E-state index contributed by atoms with van der Waals surface area (Å²) >= 11 is 0. The third-order valence-corrected chi connectivity index (χ3v) is 3.81. The lowest BCUT2D eigenvalue weighted by Gasteiger charge is -2.44. The Balaban J connectivity index is 1.52. The van der Waals surface area contributed by atoms with E-state index in [4.69, 9.17) is 14.2 Å². The summed E-state index contributed by atoms with van der Waals surface area (Å²) in [6, 6.07) is 0. The van der Waals surface area contributed by atoms with Crippen LogP contribution in [-0.2, 0) is 19.0 Å². The number of hydroxylamine groups is 2. The van der Waals surface area contributed by atoms with Crippen molar-refractivity contribution >= 4 is 5.91 Å². The van der Waals surface area contributed by atoms with E-state index in [2.05, 4.69) is 0 Å². The molecule has 8 heteroatoms. The number of nitrogens with zero attached hydrogens (tertiary/aromatic N) is 3. The van der Waals surface area contributed by atoms with Crippen molar-refractivity contribution in [3.8, 4) is 0 Å². The van der Waals surface area contributed by atoms with E-state index in [1.165, 1.54) is 0 Å². The summed E-state index contributed by atoms with van der Waals surface area (Å²) in [6.07, 6.45) is 0.139. The van der Waals surface area contributed by atoms with Gasteiger partial charge < -0.3 is 19.4 Å². The zero-order valence-corrected chi connectivity index (χ0v) is 10.6. The van der Waals surface area contributed by atoms with Crippen LogP contribution in [0.3, 0.4) is 0 Å². The predicted molar refractivity (Wildman–Crippen MR) is 61.0 cm³/mol. The minimum absolute atomic E-state index is 0.00922. The first-order valence-electron chi connectivity index (χ1n) is 6.65. The van der Waals surface area contributed by atoms with Gasteiger partial charge in [0.1, 0.15) is 24.9 Å². The van der Waals surface area contributed by atoms with E-state index < -0.39 is 4.76 Å². The Morgan fingerprint density at radius 1 is 1.11 bits per heavy atom. The number of hydrogen-bond acceptors (Lipinski definition) is 6. The minimum atomic E-state index is -0.643. The molecular weight excluding hydrogens is 254 g/mol. The highest BCUT2D eigenvalue weighted by Crippen LogP contribution is 2.30. The van der Waals surface area contributed by atoms with Gasteiger partial charge in [0.2, 0.25) is 0 Å². The molecule has 4 rings (SSSR count). The second-order valence-electron chi connectivity index (χ2n) is 5.58. The average Bonchev–Trinajstić information content (AvgIpc) is 3.21. The average molecular weight is 271 g/mol. The molecule has 0 bridgehead atoms. The molecule has 0 spiro atoms. The quantitative estimate of drug-likeness (QED) is 0.331. The Kier molecular flexibility index (Phi) is 2.60. The largest absolute Gasteiger partial charge is 0.610 e. The predicted octanol–water partition coefficient (Wildman–Crippen LogP) is -1.53. The first kappa shape index (κ1) is 12.0. The van der Waals surface area contributed by atoms with Crippen molar-refractivity contribution in [3.63, 3.8) is 0 Å². The second-order valence-corrected chi connectivity index (χ2v) is 5.58. The Hall–Kier alpha value is -0.770. The van der Waals surface area contributed by atoms with E-state index in [0.29, 0.717) is 39.5 Å². The molecule has 4 unspecified atom stereocenters. The van der Waals surface area contributed by atoms with Crippen molar-refractivity contribution in [1.82, 2.24) is 10.1 Å². The van der Waals surface area contributed by atoms with Crippen LogP contribution in [0.25, 0.3) is 0 Å². The van der Waals surface area contributed by atoms with Gasteiger partial charge in [-0.25, -0.2) is 5.01 Å². The van der Waals surface area contributed by atoms with Gasteiger partial charge in [0, 0.05) is 0 Å². The maximum Gasteiger partial charge on any atom is 0.298 e. The number of epoxide rings is 3. The van der Waals surface area contributed by atoms with Crippen LogP contribution in [0.2, 0.25) is 0 Å². The Labute approximate surface area is 110 Å². The molecule has 0 aromatic carbocycles. The zero-order chi connectivity index (χ0) is 13.0. The highest BCUT2D eigenvalue weighted by atomic mass is 16.6. The fourth-order valence-electron chi connectivity index (χ4n) is 2.52. The highest BCUT2D eigenvalue weighted by molar-refractivity contribution is 5.78. The Morgan fingerprint density at radius 2 is 1.68 bits per heavy atom. The van der Waals surface area contributed by atoms with Crippen molar-refractivity contribution in [2.45, 2.75) is 18.3 Å². The fourth-order valence-corrected chi connectivity index (χ4v) is 2.52. The van der Waals surface area contributed by atoms with Crippen LogP contribution in [0.5, 0.6) is 0 Å². The standard InChI is InChI=1S/C11H17N3O5/c15-11-4-14(16,3-10-7-19-10)13(2-9-6-18-9)12(11)1-8-5-17-8/h8-10H,1-7H2. The van der Waals surface area contributed by atoms with E-state index in [1.54, 1.807) is 10.1 Å². The fraction of sp³-hybridized carbons (Fsp3) is 0.909. The van der Waals surface area contributed by atoms with Crippen molar-refractivity contribution < 1.29 is 23.8 Å². The maximum atomic E-state index is 12.9. The minimum Gasteiger partial charge on any atom is -0.610 e. The van der Waals surface area contributed by atoms with Crippen LogP contribution in [0, 0.1) is 5.21 Å². The molecule has 0 aromatic rings. The molecule has 4 saturated heterocycles. The van der Waals surface area contributed by atoms with Crippen LogP contribution in [-0.4, -0.2) is 85.1 Å². The molecule has 0 aromatic heterocycles. The number of hydrazine groups is 1. The molecule has 4 aliphatic rings. The molecule has 8 nitrogen and oxygen atoms in total. The molecule has 4 atom stereocenters. The zero-order valence-electron chi connectivity index (χ0n) is 10.6. The van der Waals surface area contributed by atoms with E-state index in [-0.39, 0.29) is 30.8 Å². The molecule has 4 aliphatic heterocycles. The lowest BCUT2D eigenvalue weighted by atomic mass is 10.4. The Morgan fingerprint density at radius 3 is 2.26 bits per heavy atom. The molecule has 0 saturated carbocycles. The summed E-state index contributed by atoms with van der Waals surface area (Å²) in [5, 5.41) is 16.0. The van der Waals surface area contributed by atoms with Gasteiger partial charge in [-0.05, 0) is 0 Å². The van der Waals surface area contributed by atoms with Gasteiger partial charge in [0.15, 0.2) is 6.54 Å². The summed E-state index contributed by atoms with van der Waals surface area (Å²) in [5.74, 6) is -0.133. The van der Waals surface area contributed by atoms with Crippen molar-refractivity contribution in [3.05, 3.63) is 5.21 Å². The molecular formula is C11H17N3O5. The number of hydrogen-bond donors (Lipinski definition) is 0. The van der Waals surface area contributed by atoms with E-state index in [9.17, 15) is 10.0 Å². The SMILES string of the molecule is O=C1C[N+]([O-])(CC2CO2)N(CC2CO2)N1CC1CO1. The summed E-state index contributed by atoms with van der Waals surface area (Å²) < 4.78 is 14.9. The maximum absolute atomic E-state index is 12.9. The smallest absolute Gasteiger partial charge is 0.298 e. The van der Waals surface area contributed by atoms with Crippen LogP contribution in [0.4, 0.5) is 0 Å². The summed E-state index contributed by atoms with van der Waals surface area (Å²) in [4.78, 5) is 12.1. The van der Waals surface area contributed by atoms with Crippen molar-refractivity contribution in [2.75, 3.05) is 46.0 Å². The first-order chi connectivity index (χ1) is 9.14. The molecule has 0 N–H and O–H groups in total. The first-order valence-corrected chi connectivity index (χ1v) is 6.65. The number of amides is 1. The second kappa shape index (κ2) is 4.11. The number of carbonyl (C=O) groups is 1. The van der Waals surface area contributed by atoms with E-state index >= 15 is 0 Å². The number of rotatable bonds is 6. The van der Waals surface area contributed by atoms with Gasteiger partial charge >= 0.3 is 0 Å². The Bertz CT molecular complexity index is 396. The molecule has 0 aliphatic carbocycles. The van der Waals surface area contributed by atoms with Gasteiger partial charge in [-0.2, -0.15) is 0 Å². The summed E-state index contributed by atoms with van der Waals surface area (Å²) in [5.41, 5.74) is 0. The molecule has 19 heavy (non-hydrogen) atoms. The topological polar surface area (TPSA) is 84.2 Å². The van der Waals surface area contributed by atoms with Crippen LogP contribution in [0.1, 0.15) is 0 Å². The number of ether oxygens (including phenoxy) is 3. The monoisotopic (exact) mass is 271 g/mol. The lowest BCUT2D eigenvalue weighted by molar-refractivity contribution is -0.993. The molecule has 1 amide bonds. The third-order valence-electron chi connectivity index (χ3n) is 3.81. The van der Waals surface area contributed by atoms with Gasteiger partial charge in [-0.1, -0.05) is 5.12 Å². The molecule has 4 heterocycles. The van der Waals surface area contributed by atoms with Gasteiger partial charge in [-0.3, -0.25) is 9.55 Å². The van der Waals surface area contributed by atoms with Crippen LogP contribution >= 0.6 is 0 Å². The van der Waals surface area contributed by atoms with Gasteiger partial charge in [0.25, 0.3) is 5.91 Å². The molecule has 0 radical (unpaired) electrons. The van der Waals surface area contributed by atoms with Crippen LogP contribution in [0.15, 0.2) is 0 Å². The third kappa shape index (κ3) is 2.47. The van der Waals surface area contributed by atoms with Crippen molar-refractivity contribution in [2.24, 2.45) is 0 Å². The van der Waals surface area contributed by atoms with E-state index in [0.717, 1.165) is 0 Å². The van der Waals surface area contributed by atoms with Gasteiger partial charge in [0.05, 0.1) is 32.9 Å². The van der Waals surface area contributed by atoms with Crippen molar-refractivity contribution in [1.29, 1.82) is 0 Å². The molecule has 4 fully saturated rings. The lowest BCUT2D eigenvalue weighted by Crippen LogP contribution is -2.58. The van der Waals surface area contributed by atoms with Gasteiger partial charge in [-0.15, -0.1) is 0 Å². The van der Waals surface area contributed by atoms with E-state index in [1.807, 2.05) is 0 Å². The number of quaternary nitrogens is 1. The highest BCUT2D eigenvalue weighted by Gasteiger charge is 2.51.